The fourth-order valence-electron chi connectivity index (χ4n) is 0.195. The molecule has 0 spiro atoms. The van der Waals surface area contributed by atoms with E-state index >= 15 is 0 Å². The van der Waals surface area contributed by atoms with Crippen LogP contribution in [0.2, 0.25) is 0 Å². The second kappa shape index (κ2) is 3.41. The summed E-state index contributed by atoms with van der Waals surface area (Å²) in [6.07, 6.45) is 0. The molecule has 0 fully saturated rings. The Morgan fingerprint density at radius 2 is 2.33 bits per heavy atom. The molecule has 0 aromatic carbocycles. The summed E-state index contributed by atoms with van der Waals surface area (Å²) in [4.78, 5) is 0. The van der Waals surface area contributed by atoms with Gasteiger partial charge in [0.1, 0.15) is 0 Å². The van der Waals surface area contributed by atoms with E-state index in [9.17, 15) is 8.42 Å². The highest BCUT2D eigenvalue weighted by molar-refractivity contribution is 7.99. The Morgan fingerprint density at radius 1 is 1.78 bits per heavy atom. The number of nitrogens with one attached hydrogen (secondary N) is 1. The average Bonchev–Trinajstić information content (AvgIpc) is 1.63. The van der Waals surface area contributed by atoms with Crippen molar-refractivity contribution in [2.75, 3.05) is 6.54 Å². The molecule has 0 aliphatic heterocycles. The van der Waals surface area contributed by atoms with Crippen molar-refractivity contribution >= 4 is 15.7 Å². The van der Waals surface area contributed by atoms with Gasteiger partial charge in [-0.05, 0) is 6.92 Å². The van der Waals surface area contributed by atoms with Crippen molar-refractivity contribution in [3.05, 3.63) is 0 Å². The summed E-state index contributed by atoms with van der Waals surface area (Å²) in [5, 5.41) is 3.15. The number of rotatable bonds is 3. The Balaban J connectivity index is 3.73. The third kappa shape index (κ3) is 7.38. The van der Waals surface area contributed by atoms with Gasteiger partial charge in [-0.15, -0.1) is 0 Å². The molecule has 0 saturated heterocycles. The molecule has 0 aliphatic rings. The van der Waals surface area contributed by atoms with E-state index < -0.39 is 10.1 Å². The van der Waals surface area contributed by atoms with Crippen LogP contribution >= 0.6 is 0 Å². The van der Waals surface area contributed by atoms with E-state index in [1.165, 1.54) is 0 Å². The van der Waals surface area contributed by atoms with Gasteiger partial charge in [0.15, 0.2) is 5.55 Å². The molecule has 0 saturated carbocycles. The standard InChI is InChI=1S/C3H8N2O3S/c1-2-4-5-3-9(6,7)8/h3-4H,2H2,1H3,(H,6,7,8)/b5-3+. The van der Waals surface area contributed by atoms with E-state index in [1.807, 2.05) is 0 Å². The molecule has 9 heavy (non-hydrogen) atoms. The second-order valence-electron chi connectivity index (χ2n) is 1.26. The minimum atomic E-state index is -4.05. The Morgan fingerprint density at radius 3 is 2.67 bits per heavy atom. The van der Waals surface area contributed by atoms with Crippen molar-refractivity contribution in [2.24, 2.45) is 5.10 Å². The first-order valence-corrected chi connectivity index (χ1v) is 3.80. The summed E-state index contributed by atoms with van der Waals surface area (Å²) in [6.45, 7) is 2.27. The molecule has 0 rings (SSSR count). The number of hydrogen-bond acceptors (Lipinski definition) is 4. The van der Waals surface area contributed by atoms with E-state index in [0.717, 1.165) is 0 Å². The maximum atomic E-state index is 9.87. The first-order chi connectivity index (χ1) is 4.06. The van der Waals surface area contributed by atoms with E-state index in [2.05, 4.69) is 10.5 Å². The quantitative estimate of drug-likeness (QED) is 0.245. The molecular weight excluding hydrogens is 144 g/mol. The fraction of sp³-hybridized carbons (Fsp3) is 0.667. The summed E-state index contributed by atoms with van der Waals surface area (Å²) in [5.74, 6) is 0. The van der Waals surface area contributed by atoms with Crippen LogP contribution in [0.1, 0.15) is 6.92 Å². The van der Waals surface area contributed by atoms with E-state index in [4.69, 9.17) is 4.55 Å². The highest BCUT2D eigenvalue weighted by Gasteiger charge is 1.94. The maximum Gasteiger partial charge on any atom is 0.306 e. The lowest BCUT2D eigenvalue weighted by molar-refractivity contribution is 0.499. The number of hydrazone groups is 1. The topological polar surface area (TPSA) is 78.8 Å². The fourth-order valence-corrected chi connectivity index (χ4v) is 0.403. The van der Waals surface area contributed by atoms with Gasteiger partial charge in [-0.3, -0.25) is 4.55 Å². The molecular formula is C3H8N2O3S. The van der Waals surface area contributed by atoms with Gasteiger partial charge in [0.2, 0.25) is 0 Å². The monoisotopic (exact) mass is 152 g/mol. The Hall–Kier alpha value is -0.620. The minimum absolute atomic E-state index is 0.441. The van der Waals surface area contributed by atoms with Gasteiger partial charge in [-0.1, -0.05) is 0 Å². The lowest BCUT2D eigenvalue weighted by Gasteiger charge is -1.88. The lowest BCUT2D eigenvalue weighted by Crippen LogP contribution is -2.07. The van der Waals surface area contributed by atoms with Crippen LogP contribution in [-0.4, -0.2) is 25.1 Å². The van der Waals surface area contributed by atoms with Crippen LogP contribution in [0.3, 0.4) is 0 Å². The van der Waals surface area contributed by atoms with Crippen LogP contribution in [0, 0.1) is 0 Å². The Kier molecular flexibility index (Phi) is 3.18. The molecule has 2 N–H and O–H groups in total. The lowest BCUT2D eigenvalue weighted by atomic mass is 10.8. The van der Waals surface area contributed by atoms with Gasteiger partial charge in [0.05, 0.1) is 0 Å². The van der Waals surface area contributed by atoms with Gasteiger partial charge in [0.25, 0.3) is 0 Å². The van der Waals surface area contributed by atoms with Crippen molar-refractivity contribution in [1.82, 2.24) is 5.43 Å². The first-order valence-electron chi connectivity index (χ1n) is 2.29. The van der Waals surface area contributed by atoms with E-state index in [0.29, 0.717) is 12.1 Å². The zero-order valence-electron chi connectivity index (χ0n) is 4.90. The van der Waals surface area contributed by atoms with Gasteiger partial charge >= 0.3 is 10.1 Å². The van der Waals surface area contributed by atoms with Crippen molar-refractivity contribution in [3.8, 4) is 0 Å². The summed E-state index contributed by atoms with van der Waals surface area (Å²) < 4.78 is 27.8. The van der Waals surface area contributed by atoms with Crippen LogP contribution in [0.15, 0.2) is 5.10 Å². The second-order valence-corrected chi connectivity index (χ2v) is 2.50. The first kappa shape index (κ1) is 8.38. The molecule has 0 amide bonds. The highest BCUT2D eigenvalue weighted by Crippen LogP contribution is 1.70. The smallest absolute Gasteiger partial charge is 0.306 e. The average molecular weight is 152 g/mol. The van der Waals surface area contributed by atoms with Crippen LogP contribution in [0.25, 0.3) is 0 Å². The van der Waals surface area contributed by atoms with Crippen molar-refractivity contribution in [3.63, 3.8) is 0 Å². The molecule has 54 valence electrons. The highest BCUT2D eigenvalue weighted by atomic mass is 32.2. The molecule has 0 bridgehead atoms. The largest absolute Gasteiger partial charge is 0.310 e. The molecule has 0 aromatic heterocycles. The summed E-state index contributed by atoms with van der Waals surface area (Å²) in [6, 6.07) is 0. The summed E-state index contributed by atoms with van der Waals surface area (Å²) in [7, 11) is -4.05. The Labute approximate surface area is 53.5 Å². The third-order valence-electron chi connectivity index (χ3n) is 0.435. The van der Waals surface area contributed by atoms with Gasteiger partial charge in [-0.2, -0.15) is 13.5 Å². The van der Waals surface area contributed by atoms with Crippen LogP contribution in [0.5, 0.6) is 0 Å². The SMILES string of the molecule is CCN/N=C/S(=O)(=O)O. The zero-order valence-corrected chi connectivity index (χ0v) is 5.72. The maximum absolute atomic E-state index is 9.87. The molecule has 0 radical (unpaired) electrons. The predicted molar refractivity (Wildman–Crippen MR) is 33.7 cm³/mol. The van der Waals surface area contributed by atoms with Crippen molar-refractivity contribution < 1.29 is 13.0 Å². The van der Waals surface area contributed by atoms with Crippen LogP contribution < -0.4 is 5.43 Å². The molecule has 5 nitrogen and oxygen atoms in total. The summed E-state index contributed by atoms with van der Waals surface area (Å²) >= 11 is 0. The number of nitrogens with zero attached hydrogens (tertiary/aromatic N) is 1. The van der Waals surface area contributed by atoms with Crippen molar-refractivity contribution in [1.29, 1.82) is 0 Å². The molecule has 0 unspecified atom stereocenters. The third-order valence-corrected chi connectivity index (χ3v) is 0.807. The molecule has 0 atom stereocenters. The molecule has 6 heteroatoms. The zero-order chi connectivity index (χ0) is 7.33. The normalized spacial score (nSPS) is 12.2. The van der Waals surface area contributed by atoms with Crippen LogP contribution in [-0.2, 0) is 10.1 Å². The minimum Gasteiger partial charge on any atom is -0.310 e. The van der Waals surface area contributed by atoms with E-state index in [1.54, 1.807) is 6.92 Å². The van der Waals surface area contributed by atoms with Gasteiger partial charge < -0.3 is 5.43 Å². The molecule has 0 aromatic rings. The molecule has 0 heterocycles. The van der Waals surface area contributed by atoms with Crippen molar-refractivity contribution in [2.45, 2.75) is 6.92 Å². The molecule has 0 aliphatic carbocycles. The van der Waals surface area contributed by atoms with Gasteiger partial charge in [0, 0.05) is 6.54 Å². The Bertz CT molecular complexity index is 183. The van der Waals surface area contributed by atoms with Gasteiger partial charge in [-0.25, -0.2) is 0 Å². The summed E-state index contributed by atoms with van der Waals surface area (Å²) in [5.41, 5.74) is 2.78. The predicted octanol–water partition coefficient (Wildman–Crippen LogP) is -0.573. The van der Waals surface area contributed by atoms with E-state index in [-0.39, 0.29) is 0 Å². The van der Waals surface area contributed by atoms with Crippen LogP contribution in [0.4, 0.5) is 0 Å². The number of hydrogen-bond donors (Lipinski definition) is 2.